The molecule has 2 fully saturated rings. The quantitative estimate of drug-likeness (QED) is 0.631. The van der Waals surface area contributed by atoms with Gasteiger partial charge in [-0.25, -0.2) is 12.7 Å². The Hall–Kier alpha value is -1.80. The molecule has 0 saturated carbocycles. The number of sulfonamides is 1. The molecule has 2 aromatic rings. The molecule has 172 valence electrons. The highest BCUT2D eigenvalue weighted by Gasteiger charge is 2.35. The molecule has 0 N–H and O–H groups in total. The maximum atomic E-state index is 13.2. The average molecular weight is 496 g/mol. The first kappa shape index (κ1) is 23.4. The molecule has 2 aliphatic heterocycles. The van der Waals surface area contributed by atoms with Crippen LogP contribution >= 0.6 is 23.2 Å². The van der Waals surface area contributed by atoms with Crippen molar-refractivity contribution in [3.8, 4) is 0 Å². The molecule has 0 aromatic heterocycles. The van der Waals surface area contributed by atoms with Crippen LogP contribution < -0.4 is 4.90 Å². The van der Waals surface area contributed by atoms with E-state index in [-0.39, 0.29) is 24.1 Å². The normalized spacial score (nSPS) is 20.4. The molecule has 0 bridgehead atoms. The predicted octanol–water partition coefficient (Wildman–Crippen LogP) is 3.88. The summed E-state index contributed by atoms with van der Waals surface area (Å²) in [6.07, 6.45) is 1.39. The van der Waals surface area contributed by atoms with E-state index in [9.17, 15) is 13.2 Å². The number of nitrogens with zero attached hydrogens (tertiary/aromatic N) is 3. The van der Waals surface area contributed by atoms with E-state index in [1.54, 1.807) is 18.2 Å². The summed E-state index contributed by atoms with van der Waals surface area (Å²) in [5.41, 5.74) is 1.68. The summed E-state index contributed by atoms with van der Waals surface area (Å²) in [6.45, 7) is 3.51. The Morgan fingerprint density at radius 2 is 1.69 bits per heavy atom. The van der Waals surface area contributed by atoms with Gasteiger partial charge in [0.15, 0.2) is 0 Å². The van der Waals surface area contributed by atoms with E-state index < -0.39 is 10.0 Å². The Morgan fingerprint density at radius 1 is 0.969 bits per heavy atom. The second kappa shape index (κ2) is 10.00. The molecule has 2 aliphatic rings. The third-order valence-corrected chi connectivity index (χ3v) is 8.57. The summed E-state index contributed by atoms with van der Waals surface area (Å²) in [7, 11) is -3.59. The van der Waals surface area contributed by atoms with Gasteiger partial charge in [-0.1, -0.05) is 47.5 Å². The van der Waals surface area contributed by atoms with Crippen LogP contribution in [0.4, 0.5) is 5.69 Å². The lowest BCUT2D eigenvalue weighted by atomic mass is 9.97. The van der Waals surface area contributed by atoms with Crippen molar-refractivity contribution in [2.24, 2.45) is 5.92 Å². The molecular formula is C23H27Cl2N3O3S. The first-order chi connectivity index (χ1) is 15.3. The lowest BCUT2D eigenvalue weighted by Crippen LogP contribution is -2.53. The van der Waals surface area contributed by atoms with Crippen molar-refractivity contribution in [3.63, 3.8) is 0 Å². The highest BCUT2D eigenvalue weighted by molar-refractivity contribution is 7.88. The lowest BCUT2D eigenvalue weighted by molar-refractivity contribution is -0.137. The van der Waals surface area contributed by atoms with Crippen LogP contribution in [-0.2, 0) is 20.6 Å². The summed E-state index contributed by atoms with van der Waals surface area (Å²) in [4.78, 5) is 17.3. The number of anilines is 1. The summed E-state index contributed by atoms with van der Waals surface area (Å²) in [6, 6.07) is 15.0. The molecular weight excluding hydrogens is 469 g/mol. The Balaban J connectivity index is 1.36. The lowest BCUT2D eigenvalue weighted by Gasteiger charge is -2.39. The van der Waals surface area contributed by atoms with Crippen molar-refractivity contribution >= 4 is 44.8 Å². The Bertz CT molecular complexity index is 1060. The predicted molar refractivity (Wildman–Crippen MR) is 129 cm³/mol. The largest absolute Gasteiger partial charge is 0.368 e. The molecule has 4 rings (SSSR count). The zero-order valence-corrected chi connectivity index (χ0v) is 20.1. The fourth-order valence-corrected chi connectivity index (χ4v) is 6.60. The minimum absolute atomic E-state index is 0.0575. The molecule has 1 amide bonds. The van der Waals surface area contributed by atoms with E-state index in [2.05, 4.69) is 17.0 Å². The van der Waals surface area contributed by atoms with Crippen LogP contribution in [0.2, 0.25) is 10.0 Å². The van der Waals surface area contributed by atoms with E-state index in [0.29, 0.717) is 48.1 Å². The number of hydrogen-bond donors (Lipinski definition) is 0. The van der Waals surface area contributed by atoms with Gasteiger partial charge in [0.2, 0.25) is 15.9 Å². The molecule has 32 heavy (non-hydrogen) atoms. The van der Waals surface area contributed by atoms with Crippen LogP contribution in [0.3, 0.4) is 0 Å². The number of carbonyl (C=O) groups is 1. The molecule has 0 unspecified atom stereocenters. The summed E-state index contributed by atoms with van der Waals surface area (Å²) in [5, 5.41) is 0.800. The molecule has 2 saturated heterocycles. The van der Waals surface area contributed by atoms with Crippen molar-refractivity contribution in [1.82, 2.24) is 9.21 Å². The summed E-state index contributed by atoms with van der Waals surface area (Å²) < 4.78 is 27.5. The fourth-order valence-electron chi connectivity index (χ4n) is 4.41. The van der Waals surface area contributed by atoms with Crippen molar-refractivity contribution in [1.29, 1.82) is 0 Å². The van der Waals surface area contributed by atoms with Crippen LogP contribution in [0.25, 0.3) is 0 Å². The molecule has 0 spiro atoms. The van der Waals surface area contributed by atoms with E-state index in [1.165, 1.54) is 4.31 Å². The summed E-state index contributed by atoms with van der Waals surface area (Å²) >= 11 is 12.1. The summed E-state index contributed by atoms with van der Waals surface area (Å²) in [5.74, 6) is -0.440. The molecule has 2 heterocycles. The first-order valence-electron chi connectivity index (χ1n) is 10.8. The van der Waals surface area contributed by atoms with Crippen LogP contribution in [-0.4, -0.2) is 62.8 Å². The third-order valence-electron chi connectivity index (χ3n) is 6.19. The van der Waals surface area contributed by atoms with Crippen molar-refractivity contribution in [3.05, 3.63) is 64.1 Å². The number of benzene rings is 2. The molecule has 0 radical (unpaired) electrons. The van der Waals surface area contributed by atoms with Crippen molar-refractivity contribution < 1.29 is 13.2 Å². The zero-order valence-electron chi connectivity index (χ0n) is 17.8. The average Bonchev–Trinajstić information content (AvgIpc) is 2.81. The molecule has 2 aromatic carbocycles. The second-order valence-corrected chi connectivity index (χ2v) is 11.1. The van der Waals surface area contributed by atoms with Gasteiger partial charge in [-0.05, 0) is 42.7 Å². The van der Waals surface area contributed by atoms with Gasteiger partial charge in [-0.15, -0.1) is 0 Å². The van der Waals surface area contributed by atoms with Gasteiger partial charge in [-0.2, -0.15) is 0 Å². The second-order valence-electron chi connectivity index (χ2n) is 8.34. The van der Waals surface area contributed by atoms with E-state index >= 15 is 0 Å². The first-order valence-corrected chi connectivity index (χ1v) is 13.2. The highest BCUT2D eigenvalue weighted by atomic mass is 35.5. The molecule has 0 aliphatic carbocycles. The monoisotopic (exact) mass is 495 g/mol. The van der Waals surface area contributed by atoms with Crippen LogP contribution in [0.1, 0.15) is 18.4 Å². The number of carbonyl (C=O) groups excluding carboxylic acids is 1. The number of hydrogen-bond acceptors (Lipinski definition) is 4. The van der Waals surface area contributed by atoms with E-state index in [1.807, 2.05) is 23.1 Å². The number of amides is 1. The SMILES string of the molecule is O=C([C@H]1CCCN(S(=O)(=O)Cc2ccc(Cl)cc2Cl)C1)N1CCN(c2ccccc2)CC1. The Kier molecular flexibility index (Phi) is 7.30. The number of piperidine rings is 1. The van der Waals surface area contributed by atoms with Gasteiger partial charge < -0.3 is 9.80 Å². The van der Waals surface area contributed by atoms with Gasteiger partial charge in [-0.3, -0.25) is 4.79 Å². The smallest absolute Gasteiger partial charge is 0.227 e. The van der Waals surface area contributed by atoms with E-state index in [4.69, 9.17) is 23.2 Å². The van der Waals surface area contributed by atoms with Gasteiger partial charge in [0.05, 0.1) is 11.7 Å². The third kappa shape index (κ3) is 5.39. The topological polar surface area (TPSA) is 60.9 Å². The number of piperazine rings is 1. The molecule has 9 heteroatoms. The van der Waals surface area contributed by atoms with Gasteiger partial charge in [0.1, 0.15) is 0 Å². The van der Waals surface area contributed by atoms with Gasteiger partial charge in [0.25, 0.3) is 0 Å². The van der Waals surface area contributed by atoms with Gasteiger partial charge >= 0.3 is 0 Å². The van der Waals surface area contributed by atoms with E-state index in [0.717, 1.165) is 18.8 Å². The number of para-hydroxylation sites is 1. The Morgan fingerprint density at radius 3 is 2.38 bits per heavy atom. The Labute approximate surface area is 199 Å². The molecule has 6 nitrogen and oxygen atoms in total. The minimum atomic E-state index is -3.59. The maximum Gasteiger partial charge on any atom is 0.227 e. The van der Waals surface area contributed by atoms with Crippen molar-refractivity contribution in [2.75, 3.05) is 44.2 Å². The van der Waals surface area contributed by atoms with Gasteiger partial charge in [0, 0.05) is 55.0 Å². The maximum absolute atomic E-state index is 13.2. The fraction of sp³-hybridized carbons (Fsp3) is 0.435. The van der Waals surface area contributed by atoms with Crippen LogP contribution in [0.5, 0.6) is 0 Å². The highest BCUT2D eigenvalue weighted by Crippen LogP contribution is 2.27. The molecule has 1 atom stereocenters. The van der Waals surface area contributed by atoms with Crippen LogP contribution in [0, 0.1) is 5.92 Å². The minimum Gasteiger partial charge on any atom is -0.368 e. The zero-order chi connectivity index (χ0) is 22.7. The number of rotatable bonds is 5. The van der Waals surface area contributed by atoms with Crippen LogP contribution in [0.15, 0.2) is 48.5 Å². The van der Waals surface area contributed by atoms with Crippen molar-refractivity contribution in [2.45, 2.75) is 18.6 Å². The standard InChI is InChI=1S/C23H27Cl2N3O3S/c24-20-9-8-19(22(25)15-20)17-32(30,31)28-10-4-5-18(16-28)23(29)27-13-11-26(12-14-27)21-6-2-1-3-7-21/h1-3,6-9,15,18H,4-5,10-14,16-17H2/t18-/m0/s1. The number of halogens is 2.